The van der Waals surface area contributed by atoms with E-state index in [0.717, 1.165) is 18.2 Å². The van der Waals surface area contributed by atoms with E-state index in [1.165, 1.54) is 0 Å². The molecule has 1 aromatic rings. The van der Waals surface area contributed by atoms with Crippen molar-refractivity contribution in [2.75, 3.05) is 0 Å². The van der Waals surface area contributed by atoms with Crippen molar-refractivity contribution in [3.8, 4) is 5.75 Å². The Morgan fingerprint density at radius 2 is 1.95 bits per heavy atom. The first kappa shape index (κ1) is 13.4. The second kappa shape index (κ2) is 4.56. The molecule has 0 aromatic heterocycles. The third-order valence-electron chi connectivity index (χ3n) is 2.97. The number of carbonyl (C=O) groups excluding carboxylic acids is 2. The van der Waals surface area contributed by atoms with E-state index >= 15 is 0 Å². The van der Waals surface area contributed by atoms with Crippen molar-refractivity contribution in [1.29, 1.82) is 0 Å². The number of hydrogen-bond donors (Lipinski definition) is 2. The predicted octanol–water partition coefficient (Wildman–Crippen LogP) is 1.93. The van der Waals surface area contributed by atoms with Crippen LogP contribution in [0.2, 0.25) is 0 Å². The Bertz CT molecular complexity index is 540. The largest absolute Gasteiger partial charge is 0.507 e. The highest BCUT2D eigenvalue weighted by Gasteiger charge is 2.35. The van der Waals surface area contributed by atoms with E-state index in [2.05, 4.69) is 5.32 Å². The first-order chi connectivity index (χ1) is 8.79. The molecule has 0 bridgehead atoms. The Labute approximate surface area is 106 Å². The number of aromatic hydroxyl groups is 1. The monoisotopic (exact) mass is 273 g/mol. The number of halogens is 3. The second-order valence-corrected chi connectivity index (χ2v) is 4.28. The molecule has 1 aliphatic heterocycles. The molecule has 1 saturated heterocycles. The third kappa shape index (κ3) is 2.69. The zero-order chi connectivity index (χ0) is 14.2. The minimum Gasteiger partial charge on any atom is -0.507 e. The average molecular weight is 273 g/mol. The average Bonchev–Trinajstić information content (AvgIpc) is 2.26. The molecule has 1 atom stereocenters. The van der Waals surface area contributed by atoms with Crippen LogP contribution >= 0.6 is 0 Å². The Morgan fingerprint density at radius 3 is 2.47 bits per heavy atom. The highest BCUT2D eigenvalue weighted by molar-refractivity contribution is 6.00. The maximum Gasteiger partial charge on any atom is 0.419 e. The summed E-state index contributed by atoms with van der Waals surface area (Å²) in [7, 11) is 0. The molecule has 1 aliphatic rings. The van der Waals surface area contributed by atoms with E-state index in [0.29, 0.717) is 0 Å². The summed E-state index contributed by atoms with van der Waals surface area (Å²) in [5, 5.41) is 11.5. The van der Waals surface area contributed by atoms with Crippen molar-refractivity contribution in [2.24, 2.45) is 0 Å². The van der Waals surface area contributed by atoms with Gasteiger partial charge < -0.3 is 5.11 Å². The van der Waals surface area contributed by atoms with Gasteiger partial charge in [0.05, 0.1) is 11.5 Å². The van der Waals surface area contributed by atoms with Gasteiger partial charge in [-0.25, -0.2) is 0 Å². The van der Waals surface area contributed by atoms with Crippen LogP contribution in [0.4, 0.5) is 13.2 Å². The molecule has 1 fully saturated rings. The molecule has 0 radical (unpaired) electrons. The molecule has 1 heterocycles. The molecule has 4 nitrogen and oxygen atoms in total. The lowest BCUT2D eigenvalue weighted by atomic mass is 9.90. The van der Waals surface area contributed by atoms with Crippen LogP contribution < -0.4 is 5.32 Å². The summed E-state index contributed by atoms with van der Waals surface area (Å²) in [4.78, 5) is 22.5. The van der Waals surface area contributed by atoms with E-state index in [4.69, 9.17) is 0 Å². The zero-order valence-corrected chi connectivity index (χ0v) is 9.62. The van der Waals surface area contributed by atoms with Crippen molar-refractivity contribution < 1.29 is 27.9 Å². The lowest BCUT2D eigenvalue weighted by Gasteiger charge is -2.21. The van der Waals surface area contributed by atoms with E-state index in [-0.39, 0.29) is 18.4 Å². The molecule has 2 N–H and O–H groups in total. The summed E-state index contributed by atoms with van der Waals surface area (Å²) in [5.41, 5.74) is -0.890. The van der Waals surface area contributed by atoms with Gasteiger partial charge >= 0.3 is 6.18 Å². The summed E-state index contributed by atoms with van der Waals surface area (Å²) in [5.74, 6) is -2.60. The molecule has 7 heteroatoms. The summed E-state index contributed by atoms with van der Waals surface area (Å²) < 4.78 is 37.4. The summed E-state index contributed by atoms with van der Waals surface area (Å²) >= 11 is 0. The van der Waals surface area contributed by atoms with E-state index in [1.807, 2.05) is 0 Å². The van der Waals surface area contributed by atoms with Crippen LogP contribution in [0.25, 0.3) is 0 Å². The van der Waals surface area contributed by atoms with Crippen molar-refractivity contribution in [2.45, 2.75) is 24.9 Å². The Kier molecular flexibility index (Phi) is 3.21. The van der Waals surface area contributed by atoms with Crippen molar-refractivity contribution in [3.05, 3.63) is 29.3 Å². The number of nitrogens with one attached hydrogen (secondary N) is 1. The third-order valence-corrected chi connectivity index (χ3v) is 2.97. The van der Waals surface area contributed by atoms with Gasteiger partial charge in [-0.05, 0) is 24.1 Å². The van der Waals surface area contributed by atoms with Gasteiger partial charge in [-0.2, -0.15) is 13.2 Å². The van der Waals surface area contributed by atoms with Gasteiger partial charge in [-0.15, -0.1) is 0 Å². The van der Waals surface area contributed by atoms with Crippen molar-refractivity contribution in [1.82, 2.24) is 5.32 Å². The van der Waals surface area contributed by atoms with Gasteiger partial charge in [0, 0.05) is 6.42 Å². The topological polar surface area (TPSA) is 66.4 Å². The van der Waals surface area contributed by atoms with E-state index < -0.39 is 35.2 Å². The number of benzene rings is 1. The predicted molar refractivity (Wildman–Crippen MR) is 58.2 cm³/mol. The first-order valence-electron chi connectivity index (χ1n) is 5.53. The number of phenols is 1. The molecule has 102 valence electrons. The molecule has 1 aromatic carbocycles. The summed E-state index contributed by atoms with van der Waals surface area (Å²) in [6.45, 7) is 0. The number of hydrogen-bond acceptors (Lipinski definition) is 3. The van der Waals surface area contributed by atoms with Crippen LogP contribution in [0.5, 0.6) is 5.75 Å². The fraction of sp³-hybridized carbons (Fsp3) is 0.333. The van der Waals surface area contributed by atoms with Crippen LogP contribution in [0, 0.1) is 0 Å². The second-order valence-electron chi connectivity index (χ2n) is 4.28. The number of piperidine rings is 1. The highest BCUT2D eigenvalue weighted by atomic mass is 19.4. The van der Waals surface area contributed by atoms with Gasteiger partial charge in [0.2, 0.25) is 11.8 Å². The van der Waals surface area contributed by atoms with Gasteiger partial charge in [-0.1, -0.05) is 6.07 Å². The highest BCUT2D eigenvalue weighted by Crippen LogP contribution is 2.37. The maximum absolute atomic E-state index is 12.5. The van der Waals surface area contributed by atoms with Crippen molar-refractivity contribution in [3.63, 3.8) is 0 Å². The minimum atomic E-state index is -4.65. The molecular weight excluding hydrogens is 263 g/mol. The molecule has 2 amide bonds. The van der Waals surface area contributed by atoms with Crippen LogP contribution in [0.3, 0.4) is 0 Å². The number of alkyl halides is 3. The SMILES string of the molecule is O=C1CCC(c2ccc(C(F)(F)F)c(O)c2)C(=O)N1. The Hall–Kier alpha value is -2.05. The van der Waals surface area contributed by atoms with Gasteiger partial charge in [-0.3, -0.25) is 14.9 Å². The molecule has 19 heavy (non-hydrogen) atoms. The Morgan fingerprint density at radius 1 is 1.26 bits per heavy atom. The first-order valence-corrected chi connectivity index (χ1v) is 5.53. The lowest BCUT2D eigenvalue weighted by Crippen LogP contribution is -2.39. The Balaban J connectivity index is 2.30. The molecule has 0 aliphatic carbocycles. The minimum absolute atomic E-state index is 0.123. The van der Waals surface area contributed by atoms with Gasteiger partial charge in [0.1, 0.15) is 5.75 Å². The molecule has 2 rings (SSSR count). The van der Waals surface area contributed by atoms with Crippen LogP contribution in [-0.4, -0.2) is 16.9 Å². The fourth-order valence-electron chi connectivity index (χ4n) is 2.02. The number of amides is 2. The molecular formula is C12H10F3NO3. The van der Waals surface area contributed by atoms with Gasteiger partial charge in [0.15, 0.2) is 0 Å². The van der Waals surface area contributed by atoms with Crippen LogP contribution in [-0.2, 0) is 15.8 Å². The summed E-state index contributed by atoms with van der Waals surface area (Å²) in [6.07, 6.45) is -4.30. The molecule has 0 saturated carbocycles. The van der Waals surface area contributed by atoms with E-state index in [1.54, 1.807) is 0 Å². The number of phenolic OH excluding ortho intramolecular Hbond substituents is 1. The number of rotatable bonds is 1. The van der Waals surface area contributed by atoms with Gasteiger partial charge in [0.25, 0.3) is 0 Å². The fourth-order valence-corrected chi connectivity index (χ4v) is 2.02. The van der Waals surface area contributed by atoms with E-state index in [9.17, 15) is 27.9 Å². The maximum atomic E-state index is 12.5. The normalized spacial score (nSPS) is 20.3. The van der Waals surface area contributed by atoms with Crippen molar-refractivity contribution >= 4 is 11.8 Å². The standard InChI is InChI=1S/C12H10F3NO3/c13-12(14,15)8-3-1-6(5-9(8)17)7-2-4-10(18)16-11(7)19/h1,3,5,7,17H,2,4H2,(H,16,18,19). The quantitative estimate of drug-likeness (QED) is 0.768. The summed E-state index contributed by atoms with van der Waals surface area (Å²) in [6, 6.07) is 2.79. The molecule has 0 spiro atoms. The van der Waals surface area contributed by atoms with Crippen LogP contribution in [0.15, 0.2) is 18.2 Å². The van der Waals surface area contributed by atoms with Crippen LogP contribution in [0.1, 0.15) is 29.9 Å². The molecule has 1 unspecified atom stereocenters. The zero-order valence-electron chi connectivity index (χ0n) is 9.62. The number of imide groups is 1. The smallest absolute Gasteiger partial charge is 0.419 e. The lowest BCUT2D eigenvalue weighted by molar-refractivity contribution is -0.138. The number of carbonyl (C=O) groups is 2.